The summed E-state index contributed by atoms with van der Waals surface area (Å²) >= 11 is 0. The first-order valence-corrected chi connectivity index (χ1v) is 10.3. The first kappa shape index (κ1) is 19.1. The van der Waals surface area contributed by atoms with E-state index in [-0.39, 0.29) is 11.9 Å². The summed E-state index contributed by atoms with van der Waals surface area (Å²) < 4.78 is 5.36. The number of morpholine rings is 1. The predicted molar refractivity (Wildman–Crippen MR) is 109 cm³/mol. The molecule has 4 rings (SSSR count). The van der Waals surface area contributed by atoms with Gasteiger partial charge < -0.3 is 9.64 Å². The molecule has 2 aliphatic rings. The minimum atomic E-state index is 0.214. The van der Waals surface area contributed by atoms with Gasteiger partial charge in [-0.15, -0.1) is 0 Å². The SMILES string of the molecule is Cc1ccc(Cc2cccc([C@@H]3CCCN3CC(=O)N3CCOCC3)n2)cc1. The van der Waals surface area contributed by atoms with Gasteiger partial charge in [0.15, 0.2) is 0 Å². The summed E-state index contributed by atoms with van der Waals surface area (Å²) in [7, 11) is 0. The molecule has 1 aromatic carbocycles. The summed E-state index contributed by atoms with van der Waals surface area (Å²) in [5.74, 6) is 0.214. The van der Waals surface area contributed by atoms with Crippen molar-refractivity contribution in [3.05, 3.63) is 65.0 Å². The zero-order chi connectivity index (χ0) is 19.3. The molecule has 5 heteroatoms. The molecule has 1 atom stereocenters. The summed E-state index contributed by atoms with van der Waals surface area (Å²) in [6.45, 7) is 6.27. The van der Waals surface area contributed by atoms with Crippen molar-refractivity contribution in [1.82, 2.24) is 14.8 Å². The Morgan fingerprint density at radius 2 is 1.89 bits per heavy atom. The van der Waals surface area contributed by atoms with Gasteiger partial charge in [-0.2, -0.15) is 0 Å². The molecule has 148 valence electrons. The number of amides is 1. The number of hydrogen-bond donors (Lipinski definition) is 0. The van der Waals surface area contributed by atoms with Crippen molar-refractivity contribution in [2.45, 2.75) is 32.2 Å². The molecule has 2 fully saturated rings. The minimum absolute atomic E-state index is 0.214. The monoisotopic (exact) mass is 379 g/mol. The van der Waals surface area contributed by atoms with Gasteiger partial charge in [0.25, 0.3) is 0 Å². The van der Waals surface area contributed by atoms with Crippen molar-refractivity contribution in [2.75, 3.05) is 39.4 Å². The molecule has 0 radical (unpaired) electrons. The molecule has 0 aliphatic carbocycles. The maximum Gasteiger partial charge on any atom is 0.236 e. The summed E-state index contributed by atoms with van der Waals surface area (Å²) in [6, 6.07) is 15.2. The van der Waals surface area contributed by atoms with E-state index in [4.69, 9.17) is 9.72 Å². The van der Waals surface area contributed by atoms with Crippen LogP contribution in [0.25, 0.3) is 0 Å². The van der Waals surface area contributed by atoms with Gasteiger partial charge in [-0.3, -0.25) is 14.7 Å². The van der Waals surface area contributed by atoms with E-state index < -0.39 is 0 Å². The number of carbonyl (C=O) groups excluding carboxylic acids is 1. The van der Waals surface area contributed by atoms with Crippen molar-refractivity contribution in [3.63, 3.8) is 0 Å². The number of likely N-dealkylation sites (tertiary alicyclic amines) is 1. The molecule has 0 unspecified atom stereocenters. The Balaban J connectivity index is 1.43. The fourth-order valence-electron chi connectivity index (χ4n) is 4.13. The van der Waals surface area contributed by atoms with Crippen LogP contribution in [0.2, 0.25) is 0 Å². The van der Waals surface area contributed by atoms with Crippen molar-refractivity contribution in [3.8, 4) is 0 Å². The Labute approximate surface area is 167 Å². The third kappa shape index (κ3) is 4.59. The maximum absolute atomic E-state index is 12.7. The molecule has 3 heterocycles. The molecule has 0 saturated carbocycles. The second-order valence-electron chi connectivity index (χ2n) is 7.84. The van der Waals surface area contributed by atoms with Crippen LogP contribution in [0.3, 0.4) is 0 Å². The number of nitrogens with zero attached hydrogens (tertiary/aromatic N) is 3. The Morgan fingerprint density at radius 1 is 1.11 bits per heavy atom. The van der Waals surface area contributed by atoms with Crippen LogP contribution in [-0.4, -0.2) is 60.1 Å². The number of aromatic nitrogens is 1. The average molecular weight is 380 g/mol. The molecule has 2 saturated heterocycles. The van der Waals surface area contributed by atoms with Gasteiger partial charge in [0.05, 0.1) is 31.5 Å². The summed E-state index contributed by atoms with van der Waals surface area (Å²) in [5.41, 5.74) is 4.74. The van der Waals surface area contributed by atoms with E-state index in [1.807, 2.05) is 4.90 Å². The standard InChI is InChI=1S/C23H29N3O2/c1-18-7-9-19(10-8-18)16-20-4-2-5-21(24-20)22-6-3-11-26(22)17-23(27)25-12-14-28-15-13-25/h2,4-5,7-10,22H,3,6,11-17H2,1H3/t22-/m0/s1. The highest BCUT2D eigenvalue weighted by Crippen LogP contribution is 2.31. The van der Waals surface area contributed by atoms with E-state index in [0.717, 1.165) is 37.2 Å². The number of benzene rings is 1. The molecule has 1 amide bonds. The highest BCUT2D eigenvalue weighted by atomic mass is 16.5. The molecular weight excluding hydrogens is 350 g/mol. The lowest BCUT2D eigenvalue weighted by Gasteiger charge is -2.30. The van der Waals surface area contributed by atoms with E-state index >= 15 is 0 Å². The third-order valence-electron chi connectivity index (χ3n) is 5.74. The second-order valence-corrected chi connectivity index (χ2v) is 7.84. The molecule has 2 aliphatic heterocycles. The number of ether oxygens (including phenoxy) is 1. The van der Waals surface area contributed by atoms with Crippen LogP contribution < -0.4 is 0 Å². The van der Waals surface area contributed by atoms with E-state index in [1.54, 1.807) is 0 Å². The summed E-state index contributed by atoms with van der Waals surface area (Å²) in [4.78, 5) is 21.9. The van der Waals surface area contributed by atoms with Crippen LogP contribution in [0.15, 0.2) is 42.5 Å². The zero-order valence-electron chi connectivity index (χ0n) is 16.6. The molecule has 1 aromatic heterocycles. The number of hydrogen-bond acceptors (Lipinski definition) is 4. The molecule has 2 aromatic rings. The Hall–Kier alpha value is -2.24. The number of pyridine rings is 1. The van der Waals surface area contributed by atoms with Crippen LogP contribution in [-0.2, 0) is 16.0 Å². The normalized spacial score (nSPS) is 20.5. The molecule has 5 nitrogen and oxygen atoms in total. The fourth-order valence-corrected chi connectivity index (χ4v) is 4.13. The van der Waals surface area contributed by atoms with Crippen LogP contribution in [0.4, 0.5) is 0 Å². The highest BCUT2D eigenvalue weighted by molar-refractivity contribution is 5.78. The van der Waals surface area contributed by atoms with Gasteiger partial charge in [-0.25, -0.2) is 0 Å². The molecular formula is C23H29N3O2. The van der Waals surface area contributed by atoms with Crippen LogP contribution in [0, 0.1) is 6.92 Å². The fraction of sp³-hybridized carbons (Fsp3) is 0.478. The van der Waals surface area contributed by atoms with Crippen molar-refractivity contribution in [2.24, 2.45) is 0 Å². The van der Waals surface area contributed by atoms with Gasteiger partial charge in [0.2, 0.25) is 5.91 Å². The van der Waals surface area contributed by atoms with Crippen molar-refractivity contribution < 1.29 is 9.53 Å². The van der Waals surface area contributed by atoms with E-state index in [0.29, 0.717) is 32.8 Å². The first-order chi connectivity index (χ1) is 13.7. The Bertz CT molecular complexity index is 800. The zero-order valence-corrected chi connectivity index (χ0v) is 16.6. The van der Waals surface area contributed by atoms with Crippen LogP contribution in [0.1, 0.15) is 41.4 Å². The second kappa shape index (κ2) is 8.84. The largest absolute Gasteiger partial charge is 0.378 e. The molecule has 28 heavy (non-hydrogen) atoms. The average Bonchev–Trinajstić information content (AvgIpc) is 3.19. The smallest absolute Gasteiger partial charge is 0.236 e. The Morgan fingerprint density at radius 3 is 2.68 bits per heavy atom. The lowest BCUT2D eigenvalue weighted by atomic mass is 10.1. The van der Waals surface area contributed by atoms with Crippen LogP contribution in [0.5, 0.6) is 0 Å². The van der Waals surface area contributed by atoms with E-state index in [2.05, 4.69) is 54.3 Å². The predicted octanol–water partition coefficient (Wildman–Crippen LogP) is 2.98. The van der Waals surface area contributed by atoms with Crippen molar-refractivity contribution in [1.29, 1.82) is 0 Å². The quantitative estimate of drug-likeness (QED) is 0.801. The van der Waals surface area contributed by atoms with E-state index in [1.165, 1.54) is 11.1 Å². The lowest BCUT2D eigenvalue weighted by molar-refractivity contribution is -0.136. The van der Waals surface area contributed by atoms with Gasteiger partial charge in [-0.1, -0.05) is 35.9 Å². The van der Waals surface area contributed by atoms with Gasteiger partial charge in [-0.05, 0) is 44.0 Å². The first-order valence-electron chi connectivity index (χ1n) is 10.3. The number of aryl methyl sites for hydroxylation is 1. The minimum Gasteiger partial charge on any atom is -0.378 e. The van der Waals surface area contributed by atoms with Crippen molar-refractivity contribution >= 4 is 5.91 Å². The van der Waals surface area contributed by atoms with Gasteiger partial charge >= 0.3 is 0 Å². The Kier molecular flexibility index (Phi) is 6.03. The summed E-state index contributed by atoms with van der Waals surface area (Å²) in [6.07, 6.45) is 3.02. The van der Waals surface area contributed by atoms with E-state index in [9.17, 15) is 4.79 Å². The highest BCUT2D eigenvalue weighted by Gasteiger charge is 2.30. The summed E-state index contributed by atoms with van der Waals surface area (Å²) in [5, 5.41) is 0. The molecule has 0 bridgehead atoms. The maximum atomic E-state index is 12.7. The molecule has 0 N–H and O–H groups in total. The lowest BCUT2D eigenvalue weighted by Crippen LogP contribution is -2.45. The topological polar surface area (TPSA) is 45.7 Å². The van der Waals surface area contributed by atoms with Crippen LogP contribution >= 0.6 is 0 Å². The third-order valence-corrected chi connectivity index (χ3v) is 5.74. The number of carbonyl (C=O) groups is 1. The van der Waals surface area contributed by atoms with Gasteiger partial charge in [0.1, 0.15) is 0 Å². The number of rotatable bonds is 5. The van der Waals surface area contributed by atoms with Gasteiger partial charge in [0, 0.05) is 25.2 Å². The molecule has 0 spiro atoms.